The second kappa shape index (κ2) is 4.78. The summed E-state index contributed by atoms with van der Waals surface area (Å²) in [5.41, 5.74) is 7.82. The van der Waals surface area contributed by atoms with Crippen LogP contribution in [0.1, 0.15) is 24.1 Å². The fraction of sp³-hybridized carbons (Fsp3) is 0.385. The topological polar surface area (TPSA) is 83.6 Å². The molecule has 0 aliphatic carbocycles. The Balaban J connectivity index is 2.43. The van der Waals surface area contributed by atoms with Crippen LogP contribution in [0.2, 0.25) is 0 Å². The van der Waals surface area contributed by atoms with E-state index in [0.29, 0.717) is 6.42 Å². The van der Waals surface area contributed by atoms with E-state index >= 15 is 0 Å². The number of hydrogen-bond acceptors (Lipinski definition) is 3. The van der Waals surface area contributed by atoms with Crippen LogP contribution in [0.25, 0.3) is 0 Å². The van der Waals surface area contributed by atoms with Crippen LogP contribution < -0.4 is 5.73 Å². The normalized spacial score (nSPS) is 23.4. The van der Waals surface area contributed by atoms with E-state index in [-0.39, 0.29) is 18.5 Å². The number of carboxylic acid groups (broad SMARTS) is 1. The number of rotatable bonds is 2. The summed E-state index contributed by atoms with van der Waals surface area (Å²) in [5.74, 6) is -1.33. The lowest BCUT2D eigenvalue weighted by Gasteiger charge is -2.27. The van der Waals surface area contributed by atoms with Gasteiger partial charge in [0.05, 0.1) is 12.1 Å². The van der Waals surface area contributed by atoms with Gasteiger partial charge in [0.1, 0.15) is 6.54 Å². The maximum Gasteiger partial charge on any atom is 0.323 e. The highest BCUT2D eigenvalue weighted by atomic mass is 16.4. The van der Waals surface area contributed by atoms with E-state index < -0.39 is 12.0 Å². The van der Waals surface area contributed by atoms with Gasteiger partial charge in [-0.05, 0) is 24.5 Å². The van der Waals surface area contributed by atoms with Crippen LogP contribution in [0.5, 0.6) is 0 Å². The summed E-state index contributed by atoms with van der Waals surface area (Å²) >= 11 is 0. The average molecular weight is 248 g/mol. The van der Waals surface area contributed by atoms with Crippen molar-refractivity contribution in [2.24, 2.45) is 5.73 Å². The molecule has 1 amide bonds. The summed E-state index contributed by atoms with van der Waals surface area (Å²) < 4.78 is 0. The molecule has 2 atom stereocenters. The third kappa shape index (κ3) is 2.22. The number of nitrogens with two attached hydrogens (primary N) is 1. The van der Waals surface area contributed by atoms with E-state index in [1.165, 1.54) is 4.90 Å². The Morgan fingerprint density at radius 3 is 2.83 bits per heavy atom. The van der Waals surface area contributed by atoms with Gasteiger partial charge in [0.25, 0.3) is 0 Å². The van der Waals surface area contributed by atoms with Crippen LogP contribution in [0.15, 0.2) is 24.3 Å². The van der Waals surface area contributed by atoms with Gasteiger partial charge in [-0.15, -0.1) is 0 Å². The van der Waals surface area contributed by atoms with Gasteiger partial charge in [-0.1, -0.05) is 24.3 Å². The van der Waals surface area contributed by atoms with Crippen molar-refractivity contribution in [2.45, 2.75) is 25.4 Å². The maximum absolute atomic E-state index is 12.1. The quantitative estimate of drug-likeness (QED) is 0.800. The van der Waals surface area contributed by atoms with Gasteiger partial charge in [0.15, 0.2) is 0 Å². The molecule has 1 aromatic carbocycles. The largest absolute Gasteiger partial charge is 0.480 e. The van der Waals surface area contributed by atoms with Crippen LogP contribution in [0.3, 0.4) is 0 Å². The second-order valence-electron chi connectivity index (χ2n) is 4.55. The smallest absolute Gasteiger partial charge is 0.323 e. The lowest BCUT2D eigenvalue weighted by Crippen LogP contribution is -2.45. The molecule has 96 valence electrons. The van der Waals surface area contributed by atoms with Crippen LogP contribution in [-0.4, -0.2) is 34.5 Å². The molecule has 0 radical (unpaired) electrons. The zero-order valence-electron chi connectivity index (χ0n) is 10.2. The predicted octanol–water partition coefficient (Wildman–Crippen LogP) is 0.544. The van der Waals surface area contributed by atoms with Crippen molar-refractivity contribution in [3.63, 3.8) is 0 Å². The summed E-state index contributed by atoms with van der Waals surface area (Å²) in [5, 5.41) is 8.89. The molecule has 1 aliphatic rings. The van der Waals surface area contributed by atoms with Gasteiger partial charge in [-0.25, -0.2) is 0 Å². The molecule has 0 fully saturated rings. The van der Waals surface area contributed by atoms with Crippen LogP contribution in [0, 0.1) is 0 Å². The van der Waals surface area contributed by atoms with Gasteiger partial charge in [-0.2, -0.15) is 0 Å². The summed E-state index contributed by atoms with van der Waals surface area (Å²) in [7, 11) is 0. The van der Waals surface area contributed by atoms with Gasteiger partial charge in [0, 0.05) is 0 Å². The fourth-order valence-corrected chi connectivity index (χ4v) is 2.38. The zero-order valence-corrected chi connectivity index (χ0v) is 10.2. The van der Waals surface area contributed by atoms with E-state index in [9.17, 15) is 9.59 Å². The van der Waals surface area contributed by atoms with Crippen molar-refractivity contribution >= 4 is 11.9 Å². The minimum atomic E-state index is -1.03. The van der Waals surface area contributed by atoms with Crippen LogP contribution >= 0.6 is 0 Å². The molecule has 0 saturated heterocycles. The molecule has 2 unspecified atom stereocenters. The highest BCUT2D eigenvalue weighted by Gasteiger charge is 2.32. The van der Waals surface area contributed by atoms with E-state index in [4.69, 9.17) is 10.8 Å². The molecule has 5 nitrogen and oxygen atoms in total. The van der Waals surface area contributed by atoms with Gasteiger partial charge in [0.2, 0.25) is 5.91 Å². The zero-order chi connectivity index (χ0) is 13.3. The van der Waals surface area contributed by atoms with E-state index in [0.717, 1.165) is 11.1 Å². The number of carbonyl (C=O) groups is 2. The predicted molar refractivity (Wildman–Crippen MR) is 65.9 cm³/mol. The number of nitrogens with zero attached hydrogens (tertiary/aromatic N) is 1. The molecule has 0 saturated carbocycles. The van der Waals surface area contributed by atoms with Crippen molar-refractivity contribution in [1.29, 1.82) is 0 Å². The average Bonchev–Trinajstić information content (AvgIpc) is 2.41. The van der Waals surface area contributed by atoms with Crippen molar-refractivity contribution in [3.8, 4) is 0 Å². The van der Waals surface area contributed by atoms with E-state index in [1.807, 2.05) is 31.2 Å². The number of aliphatic carboxylic acids is 1. The Hall–Kier alpha value is -1.88. The summed E-state index contributed by atoms with van der Waals surface area (Å²) in [6, 6.07) is 6.70. The number of carboxylic acids is 1. The van der Waals surface area contributed by atoms with Crippen molar-refractivity contribution in [2.75, 3.05) is 6.54 Å². The number of benzene rings is 1. The van der Waals surface area contributed by atoms with Crippen molar-refractivity contribution in [1.82, 2.24) is 4.90 Å². The Labute approximate surface area is 105 Å². The SMILES string of the molecule is CC1c2ccccc2CC(N)C(=O)N1CC(=O)O. The molecule has 18 heavy (non-hydrogen) atoms. The minimum absolute atomic E-state index is 0.265. The van der Waals surface area contributed by atoms with Gasteiger partial charge < -0.3 is 15.7 Å². The summed E-state index contributed by atoms with van der Waals surface area (Å²) in [6.07, 6.45) is 0.454. The molecule has 0 bridgehead atoms. The van der Waals surface area contributed by atoms with Crippen LogP contribution in [-0.2, 0) is 16.0 Å². The molecular formula is C13H16N2O3. The lowest BCUT2D eigenvalue weighted by molar-refractivity contribution is -0.146. The van der Waals surface area contributed by atoms with E-state index in [1.54, 1.807) is 0 Å². The van der Waals surface area contributed by atoms with E-state index in [2.05, 4.69) is 0 Å². The fourth-order valence-electron chi connectivity index (χ4n) is 2.38. The number of amides is 1. The number of fused-ring (bicyclic) bond motifs is 1. The third-order valence-corrected chi connectivity index (χ3v) is 3.32. The summed E-state index contributed by atoms with van der Waals surface area (Å²) in [4.78, 5) is 24.3. The molecule has 1 aliphatic heterocycles. The third-order valence-electron chi connectivity index (χ3n) is 3.32. The summed E-state index contributed by atoms with van der Waals surface area (Å²) in [6.45, 7) is 1.51. The molecule has 3 N–H and O–H groups in total. The highest BCUT2D eigenvalue weighted by Crippen LogP contribution is 2.28. The molecule has 0 spiro atoms. The maximum atomic E-state index is 12.1. The molecule has 1 aromatic rings. The Kier molecular flexibility index (Phi) is 3.34. The Morgan fingerprint density at radius 1 is 1.50 bits per heavy atom. The monoisotopic (exact) mass is 248 g/mol. The first-order chi connectivity index (χ1) is 8.50. The minimum Gasteiger partial charge on any atom is -0.480 e. The van der Waals surface area contributed by atoms with Crippen LogP contribution in [0.4, 0.5) is 0 Å². The van der Waals surface area contributed by atoms with Gasteiger partial charge in [-0.3, -0.25) is 9.59 Å². The molecule has 5 heteroatoms. The van der Waals surface area contributed by atoms with Gasteiger partial charge >= 0.3 is 5.97 Å². The van der Waals surface area contributed by atoms with Crippen molar-refractivity contribution in [3.05, 3.63) is 35.4 Å². The number of hydrogen-bond donors (Lipinski definition) is 2. The number of carbonyl (C=O) groups excluding carboxylic acids is 1. The first-order valence-electron chi connectivity index (χ1n) is 5.86. The first kappa shape index (κ1) is 12.6. The standard InChI is InChI=1S/C13H16N2O3/c1-8-10-5-3-2-4-9(10)6-11(14)13(18)15(8)7-12(16)17/h2-5,8,11H,6-7,14H2,1H3,(H,16,17). The second-order valence-corrected chi connectivity index (χ2v) is 4.55. The Morgan fingerprint density at radius 2 is 2.17 bits per heavy atom. The molecule has 2 rings (SSSR count). The highest BCUT2D eigenvalue weighted by molar-refractivity contribution is 5.86. The first-order valence-corrected chi connectivity index (χ1v) is 5.86. The van der Waals surface area contributed by atoms with Crippen molar-refractivity contribution < 1.29 is 14.7 Å². The Bertz CT molecular complexity index is 487. The molecular weight excluding hydrogens is 232 g/mol. The lowest BCUT2D eigenvalue weighted by atomic mass is 9.99. The molecule has 0 aromatic heterocycles. The molecule has 1 heterocycles.